The highest BCUT2D eigenvalue weighted by molar-refractivity contribution is 5.97. The van der Waals surface area contributed by atoms with Crippen molar-refractivity contribution in [3.63, 3.8) is 0 Å². The molecule has 1 fully saturated rings. The summed E-state index contributed by atoms with van der Waals surface area (Å²) in [4.78, 5) is 24.3. The monoisotopic (exact) mass is 339 g/mol. The zero-order valence-electron chi connectivity index (χ0n) is 14.2. The zero-order chi connectivity index (χ0) is 16.3. The van der Waals surface area contributed by atoms with Crippen molar-refractivity contribution in [3.8, 4) is 0 Å². The third kappa shape index (κ3) is 5.22. The number of rotatable bonds is 3. The molecule has 0 saturated carbocycles. The van der Waals surface area contributed by atoms with Gasteiger partial charge in [-0.15, -0.1) is 12.4 Å². The number of amides is 2. The van der Waals surface area contributed by atoms with E-state index >= 15 is 0 Å². The third-order valence-electron chi connectivity index (χ3n) is 3.87. The third-order valence-corrected chi connectivity index (χ3v) is 3.87. The van der Waals surface area contributed by atoms with Crippen molar-refractivity contribution in [1.29, 1.82) is 0 Å². The molecule has 6 heteroatoms. The molecule has 0 aromatic heterocycles. The van der Waals surface area contributed by atoms with Crippen molar-refractivity contribution in [1.82, 2.24) is 5.32 Å². The SMILES string of the molecule is Cc1ccc(NC(=O)C(C)(C)C)cc1NC(=O)C1CCNC1.Cl. The number of carbonyl (C=O) groups excluding carboxylic acids is 2. The highest BCUT2D eigenvalue weighted by Gasteiger charge is 2.23. The summed E-state index contributed by atoms with van der Waals surface area (Å²) in [5.41, 5.74) is 1.98. The molecule has 128 valence electrons. The van der Waals surface area contributed by atoms with Gasteiger partial charge in [0, 0.05) is 23.3 Å². The largest absolute Gasteiger partial charge is 0.326 e. The molecule has 1 unspecified atom stereocenters. The highest BCUT2D eigenvalue weighted by atomic mass is 35.5. The number of aryl methyl sites for hydroxylation is 1. The molecule has 0 radical (unpaired) electrons. The first kappa shape index (κ1) is 19.5. The molecule has 0 bridgehead atoms. The Balaban J connectivity index is 0.00000264. The molecule has 1 atom stereocenters. The number of carbonyl (C=O) groups is 2. The lowest BCUT2D eigenvalue weighted by atomic mass is 9.95. The predicted molar refractivity (Wildman–Crippen MR) is 96.1 cm³/mol. The van der Waals surface area contributed by atoms with Gasteiger partial charge in [0.15, 0.2) is 0 Å². The summed E-state index contributed by atoms with van der Waals surface area (Å²) in [6.07, 6.45) is 0.866. The van der Waals surface area contributed by atoms with Gasteiger partial charge in [-0.2, -0.15) is 0 Å². The Morgan fingerprint density at radius 1 is 1.22 bits per heavy atom. The van der Waals surface area contributed by atoms with E-state index in [1.165, 1.54) is 0 Å². The van der Waals surface area contributed by atoms with Crippen molar-refractivity contribution < 1.29 is 9.59 Å². The maximum absolute atomic E-state index is 12.2. The Hall–Kier alpha value is -1.59. The van der Waals surface area contributed by atoms with Crippen molar-refractivity contribution >= 4 is 35.6 Å². The van der Waals surface area contributed by atoms with Crippen LogP contribution < -0.4 is 16.0 Å². The number of hydrogen-bond donors (Lipinski definition) is 3. The van der Waals surface area contributed by atoms with Crippen LogP contribution >= 0.6 is 12.4 Å². The van der Waals surface area contributed by atoms with Crippen molar-refractivity contribution in [2.24, 2.45) is 11.3 Å². The second kappa shape index (κ2) is 7.79. The van der Waals surface area contributed by atoms with Gasteiger partial charge < -0.3 is 16.0 Å². The molecule has 3 N–H and O–H groups in total. The molecule has 0 aliphatic carbocycles. The maximum Gasteiger partial charge on any atom is 0.229 e. The summed E-state index contributed by atoms with van der Waals surface area (Å²) in [6, 6.07) is 5.58. The molecule has 5 nitrogen and oxygen atoms in total. The molecule has 23 heavy (non-hydrogen) atoms. The van der Waals surface area contributed by atoms with Crippen LogP contribution in [0.1, 0.15) is 32.8 Å². The average Bonchev–Trinajstić information content (AvgIpc) is 2.95. The van der Waals surface area contributed by atoms with E-state index < -0.39 is 5.41 Å². The van der Waals surface area contributed by atoms with Crippen molar-refractivity contribution in [2.45, 2.75) is 34.1 Å². The van der Waals surface area contributed by atoms with Gasteiger partial charge in [0.25, 0.3) is 0 Å². The fourth-order valence-corrected chi connectivity index (χ4v) is 2.27. The van der Waals surface area contributed by atoms with Crippen LogP contribution in [0.15, 0.2) is 18.2 Å². The first-order valence-electron chi connectivity index (χ1n) is 7.71. The van der Waals surface area contributed by atoms with E-state index in [1.54, 1.807) is 0 Å². The van der Waals surface area contributed by atoms with E-state index in [2.05, 4.69) is 16.0 Å². The number of nitrogens with one attached hydrogen (secondary N) is 3. The fourth-order valence-electron chi connectivity index (χ4n) is 2.27. The van der Waals surface area contributed by atoms with E-state index in [0.717, 1.165) is 30.8 Å². The van der Waals surface area contributed by atoms with Crippen LogP contribution in [0.2, 0.25) is 0 Å². The first-order valence-corrected chi connectivity index (χ1v) is 7.71. The number of halogens is 1. The number of hydrogen-bond acceptors (Lipinski definition) is 3. The average molecular weight is 340 g/mol. The Morgan fingerprint density at radius 2 is 1.91 bits per heavy atom. The minimum atomic E-state index is -0.455. The van der Waals surface area contributed by atoms with Gasteiger partial charge in [-0.1, -0.05) is 26.8 Å². The van der Waals surface area contributed by atoms with Crippen LogP contribution in [0.3, 0.4) is 0 Å². The van der Waals surface area contributed by atoms with Gasteiger partial charge in [0.1, 0.15) is 0 Å². The molecule has 1 heterocycles. The maximum atomic E-state index is 12.2. The Morgan fingerprint density at radius 3 is 2.48 bits per heavy atom. The van der Waals surface area contributed by atoms with E-state index in [9.17, 15) is 9.59 Å². The van der Waals surface area contributed by atoms with Gasteiger partial charge >= 0.3 is 0 Å². The van der Waals surface area contributed by atoms with Crippen LogP contribution in [-0.2, 0) is 9.59 Å². The van der Waals surface area contributed by atoms with Gasteiger partial charge in [0.05, 0.1) is 5.92 Å². The van der Waals surface area contributed by atoms with Gasteiger partial charge in [-0.3, -0.25) is 9.59 Å². The summed E-state index contributed by atoms with van der Waals surface area (Å²) in [7, 11) is 0. The van der Waals surface area contributed by atoms with Crippen LogP contribution in [0.5, 0.6) is 0 Å². The molecule has 1 saturated heterocycles. The van der Waals surface area contributed by atoms with Gasteiger partial charge in [0.2, 0.25) is 11.8 Å². The molecule has 2 rings (SSSR count). The zero-order valence-corrected chi connectivity index (χ0v) is 15.0. The molecule has 2 amide bonds. The van der Waals surface area contributed by atoms with Crippen molar-refractivity contribution in [2.75, 3.05) is 23.7 Å². The number of benzene rings is 1. The van der Waals surface area contributed by atoms with Crippen LogP contribution in [-0.4, -0.2) is 24.9 Å². The molecule has 1 aromatic rings. The van der Waals surface area contributed by atoms with Crippen LogP contribution in [0, 0.1) is 18.3 Å². The summed E-state index contributed by atoms with van der Waals surface area (Å²) in [5.74, 6) is 0.00763. The predicted octanol–water partition coefficient (Wildman–Crippen LogP) is 2.95. The highest BCUT2D eigenvalue weighted by Crippen LogP contribution is 2.24. The molecule has 1 aromatic carbocycles. The van der Waals surface area contributed by atoms with Crippen LogP contribution in [0.25, 0.3) is 0 Å². The minimum Gasteiger partial charge on any atom is -0.326 e. The number of anilines is 2. The van der Waals surface area contributed by atoms with Crippen molar-refractivity contribution in [3.05, 3.63) is 23.8 Å². The molecule has 1 aliphatic rings. The summed E-state index contributed by atoms with van der Waals surface area (Å²) >= 11 is 0. The lowest BCUT2D eigenvalue weighted by Gasteiger charge is -2.19. The van der Waals surface area contributed by atoms with E-state index in [0.29, 0.717) is 5.69 Å². The summed E-state index contributed by atoms with van der Waals surface area (Å²) in [5, 5.41) is 9.05. The van der Waals surface area contributed by atoms with Gasteiger partial charge in [-0.05, 0) is 37.6 Å². The molecule has 1 aliphatic heterocycles. The quantitative estimate of drug-likeness (QED) is 0.793. The Kier molecular flexibility index (Phi) is 6.59. The topological polar surface area (TPSA) is 70.2 Å². The normalized spacial score (nSPS) is 17.3. The summed E-state index contributed by atoms with van der Waals surface area (Å²) in [6.45, 7) is 9.16. The van der Waals surface area contributed by atoms with E-state index in [-0.39, 0.29) is 30.1 Å². The molecular weight excluding hydrogens is 314 g/mol. The Labute approximate surface area is 144 Å². The second-order valence-corrected chi connectivity index (χ2v) is 6.91. The smallest absolute Gasteiger partial charge is 0.229 e. The standard InChI is InChI=1S/C17H25N3O2.ClH/c1-11-5-6-13(19-16(22)17(2,3)4)9-14(11)20-15(21)12-7-8-18-10-12;/h5-6,9,12,18H,7-8,10H2,1-4H3,(H,19,22)(H,20,21);1H. The molecule has 0 spiro atoms. The Bertz CT molecular complexity index is 576. The van der Waals surface area contributed by atoms with E-state index in [1.807, 2.05) is 45.9 Å². The second-order valence-electron chi connectivity index (χ2n) is 6.91. The lowest BCUT2D eigenvalue weighted by molar-refractivity contribution is -0.123. The minimum absolute atomic E-state index is 0. The van der Waals surface area contributed by atoms with E-state index in [4.69, 9.17) is 0 Å². The fraction of sp³-hybridized carbons (Fsp3) is 0.529. The summed E-state index contributed by atoms with van der Waals surface area (Å²) < 4.78 is 0. The first-order chi connectivity index (χ1) is 10.3. The van der Waals surface area contributed by atoms with Gasteiger partial charge in [-0.25, -0.2) is 0 Å². The lowest BCUT2D eigenvalue weighted by Crippen LogP contribution is -2.28. The molecular formula is C17H26ClN3O2. The van der Waals surface area contributed by atoms with Crippen LogP contribution in [0.4, 0.5) is 11.4 Å².